The summed E-state index contributed by atoms with van der Waals surface area (Å²) < 4.78 is 11.4. The second-order valence-electron chi connectivity index (χ2n) is 7.99. The van der Waals surface area contributed by atoms with E-state index in [1.807, 2.05) is 54.6 Å². The number of hydrogen-bond acceptors (Lipinski definition) is 4. The van der Waals surface area contributed by atoms with Crippen molar-refractivity contribution in [1.29, 1.82) is 0 Å². The van der Waals surface area contributed by atoms with Crippen molar-refractivity contribution in [3.8, 4) is 11.5 Å². The van der Waals surface area contributed by atoms with Crippen molar-refractivity contribution in [2.75, 3.05) is 27.2 Å². The highest BCUT2D eigenvalue weighted by atomic mass is 16.5. The number of nitrogens with zero attached hydrogens (tertiary/aromatic N) is 1. The zero-order valence-electron chi connectivity index (χ0n) is 17.5. The van der Waals surface area contributed by atoms with E-state index in [-0.39, 0.29) is 18.1 Å². The van der Waals surface area contributed by atoms with Gasteiger partial charge in [0.25, 0.3) is 5.91 Å². The lowest BCUT2D eigenvalue weighted by Crippen LogP contribution is -2.54. The third kappa shape index (κ3) is 6.23. The number of carbonyl (C=O) groups is 1. The summed E-state index contributed by atoms with van der Waals surface area (Å²) in [6.45, 7) is 1.22. The molecule has 0 saturated heterocycles. The minimum Gasteiger partial charge on any atom is -0.489 e. The van der Waals surface area contributed by atoms with Gasteiger partial charge in [0.05, 0.1) is 0 Å². The van der Waals surface area contributed by atoms with Gasteiger partial charge in [-0.05, 0) is 56.8 Å². The molecular formula is C24H32N2O3. The van der Waals surface area contributed by atoms with Gasteiger partial charge in [-0.15, -0.1) is 0 Å². The maximum absolute atomic E-state index is 12.3. The number of ether oxygens (including phenoxy) is 2. The molecule has 156 valence electrons. The molecule has 0 radical (unpaired) electrons. The van der Waals surface area contributed by atoms with Crippen LogP contribution in [0.2, 0.25) is 0 Å². The molecule has 5 nitrogen and oxygen atoms in total. The van der Waals surface area contributed by atoms with E-state index in [9.17, 15) is 4.79 Å². The maximum Gasteiger partial charge on any atom is 0.258 e. The Morgan fingerprint density at radius 3 is 2.17 bits per heavy atom. The van der Waals surface area contributed by atoms with Crippen molar-refractivity contribution in [3.05, 3.63) is 60.2 Å². The van der Waals surface area contributed by atoms with Gasteiger partial charge in [0.1, 0.15) is 18.1 Å². The number of rotatable bonds is 9. The summed E-state index contributed by atoms with van der Waals surface area (Å²) >= 11 is 0. The number of hydrogen-bond donors (Lipinski definition) is 1. The SMILES string of the molecule is CN(C)C1(CNC(=O)COc2ccc(OCc3ccccc3)cc2)CCCCC1. The lowest BCUT2D eigenvalue weighted by atomic mass is 9.80. The Labute approximate surface area is 174 Å². The predicted octanol–water partition coefficient (Wildman–Crippen LogP) is 4.03. The van der Waals surface area contributed by atoms with Crippen LogP contribution < -0.4 is 14.8 Å². The topological polar surface area (TPSA) is 50.8 Å². The Morgan fingerprint density at radius 2 is 1.55 bits per heavy atom. The van der Waals surface area contributed by atoms with Crippen molar-refractivity contribution in [2.24, 2.45) is 0 Å². The van der Waals surface area contributed by atoms with Crippen LogP contribution in [0, 0.1) is 0 Å². The summed E-state index contributed by atoms with van der Waals surface area (Å²) in [5, 5.41) is 3.06. The van der Waals surface area contributed by atoms with E-state index in [1.54, 1.807) is 0 Å². The summed E-state index contributed by atoms with van der Waals surface area (Å²) in [6, 6.07) is 17.4. The third-order valence-corrected chi connectivity index (χ3v) is 5.79. The Kier molecular flexibility index (Phi) is 7.53. The molecule has 2 aromatic rings. The Bertz CT molecular complexity index is 753. The molecule has 1 aliphatic rings. The lowest BCUT2D eigenvalue weighted by molar-refractivity contribution is -0.123. The third-order valence-electron chi connectivity index (χ3n) is 5.79. The van der Waals surface area contributed by atoms with E-state index in [2.05, 4.69) is 24.3 Å². The zero-order valence-corrected chi connectivity index (χ0v) is 17.5. The van der Waals surface area contributed by atoms with E-state index in [0.717, 1.165) is 24.2 Å². The molecule has 5 heteroatoms. The average Bonchev–Trinajstić information content (AvgIpc) is 2.77. The summed E-state index contributed by atoms with van der Waals surface area (Å²) in [6.07, 6.45) is 6.00. The van der Waals surface area contributed by atoms with Crippen molar-refractivity contribution in [1.82, 2.24) is 10.2 Å². The van der Waals surface area contributed by atoms with Gasteiger partial charge in [-0.1, -0.05) is 49.6 Å². The fourth-order valence-electron chi connectivity index (χ4n) is 3.83. The lowest BCUT2D eigenvalue weighted by Gasteiger charge is -2.43. The number of carbonyl (C=O) groups excluding carboxylic acids is 1. The summed E-state index contributed by atoms with van der Waals surface area (Å²) in [7, 11) is 4.21. The molecule has 2 aromatic carbocycles. The molecule has 0 spiro atoms. The van der Waals surface area contributed by atoms with Crippen LogP contribution in [-0.4, -0.2) is 43.6 Å². The van der Waals surface area contributed by atoms with Gasteiger partial charge in [0.2, 0.25) is 0 Å². The molecule has 1 amide bonds. The molecule has 0 unspecified atom stereocenters. The van der Waals surface area contributed by atoms with Gasteiger partial charge in [-0.2, -0.15) is 0 Å². The van der Waals surface area contributed by atoms with Crippen LogP contribution in [0.25, 0.3) is 0 Å². The van der Waals surface area contributed by atoms with Crippen molar-refractivity contribution in [2.45, 2.75) is 44.2 Å². The first-order chi connectivity index (χ1) is 14.1. The zero-order chi connectivity index (χ0) is 20.5. The van der Waals surface area contributed by atoms with Crippen LogP contribution in [0.1, 0.15) is 37.7 Å². The number of amides is 1. The maximum atomic E-state index is 12.3. The van der Waals surface area contributed by atoms with Gasteiger partial charge in [-0.3, -0.25) is 4.79 Å². The average molecular weight is 397 g/mol. The molecule has 0 heterocycles. The molecule has 3 rings (SSSR count). The molecule has 29 heavy (non-hydrogen) atoms. The molecular weight excluding hydrogens is 364 g/mol. The monoisotopic (exact) mass is 396 g/mol. The fourth-order valence-corrected chi connectivity index (χ4v) is 3.83. The molecule has 0 bridgehead atoms. The van der Waals surface area contributed by atoms with Crippen molar-refractivity contribution in [3.63, 3.8) is 0 Å². The highest BCUT2D eigenvalue weighted by molar-refractivity contribution is 5.77. The van der Waals surface area contributed by atoms with Gasteiger partial charge in [0.15, 0.2) is 6.61 Å². The first-order valence-corrected chi connectivity index (χ1v) is 10.4. The first kappa shape index (κ1) is 21.2. The van der Waals surface area contributed by atoms with E-state index in [1.165, 1.54) is 19.3 Å². The number of likely N-dealkylation sites (N-methyl/N-ethyl adjacent to an activating group) is 1. The van der Waals surface area contributed by atoms with Gasteiger partial charge < -0.3 is 19.7 Å². The Morgan fingerprint density at radius 1 is 0.931 bits per heavy atom. The van der Waals surface area contributed by atoms with Gasteiger partial charge in [0, 0.05) is 12.1 Å². The highest BCUT2D eigenvalue weighted by Crippen LogP contribution is 2.31. The Hall–Kier alpha value is -2.53. The van der Waals surface area contributed by atoms with Crippen LogP contribution in [0.3, 0.4) is 0 Å². The fraction of sp³-hybridized carbons (Fsp3) is 0.458. The smallest absolute Gasteiger partial charge is 0.258 e. The minimum absolute atomic E-state index is 0.0216. The largest absolute Gasteiger partial charge is 0.489 e. The second-order valence-corrected chi connectivity index (χ2v) is 7.99. The normalized spacial score (nSPS) is 15.7. The molecule has 0 atom stereocenters. The van der Waals surface area contributed by atoms with Gasteiger partial charge in [-0.25, -0.2) is 0 Å². The van der Waals surface area contributed by atoms with E-state index >= 15 is 0 Å². The summed E-state index contributed by atoms with van der Waals surface area (Å²) in [5.41, 5.74) is 1.20. The summed E-state index contributed by atoms with van der Waals surface area (Å²) in [5.74, 6) is 1.35. The van der Waals surface area contributed by atoms with E-state index in [4.69, 9.17) is 9.47 Å². The standard InChI is InChI=1S/C24H32N2O3/c1-26(2)24(15-7-4-8-16-24)19-25-23(27)18-29-22-13-11-21(12-14-22)28-17-20-9-5-3-6-10-20/h3,5-6,9-14H,4,7-8,15-19H2,1-2H3,(H,25,27). The van der Waals surface area contributed by atoms with Crippen molar-refractivity contribution < 1.29 is 14.3 Å². The molecule has 1 N–H and O–H groups in total. The molecule has 1 saturated carbocycles. The predicted molar refractivity (Wildman–Crippen MR) is 115 cm³/mol. The minimum atomic E-state index is -0.0822. The van der Waals surface area contributed by atoms with Crippen molar-refractivity contribution >= 4 is 5.91 Å². The molecule has 0 aromatic heterocycles. The summed E-state index contributed by atoms with van der Waals surface area (Å²) in [4.78, 5) is 14.5. The quantitative estimate of drug-likeness (QED) is 0.695. The van der Waals surface area contributed by atoms with Crippen LogP contribution in [-0.2, 0) is 11.4 Å². The second kappa shape index (κ2) is 10.3. The number of nitrogens with one attached hydrogen (secondary N) is 1. The van der Waals surface area contributed by atoms with Crippen LogP contribution in [0.4, 0.5) is 0 Å². The Balaban J connectivity index is 1.41. The van der Waals surface area contributed by atoms with Crippen LogP contribution in [0.5, 0.6) is 11.5 Å². The molecule has 1 aliphatic carbocycles. The molecule has 0 aliphatic heterocycles. The number of benzene rings is 2. The van der Waals surface area contributed by atoms with Crippen LogP contribution >= 0.6 is 0 Å². The highest BCUT2D eigenvalue weighted by Gasteiger charge is 2.34. The van der Waals surface area contributed by atoms with E-state index in [0.29, 0.717) is 18.9 Å². The molecule has 1 fully saturated rings. The van der Waals surface area contributed by atoms with E-state index < -0.39 is 0 Å². The first-order valence-electron chi connectivity index (χ1n) is 10.4. The van der Waals surface area contributed by atoms with Crippen LogP contribution in [0.15, 0.2) is 54.6 Å². The van der Waals surface area contributed by atoms with Gasteiger partial charge >= 0.3 is 0 Å².